The second-order valence-electron chi connectivity index (χ2n) is 10.9. The fourth-order valence-corrected chi connectivity index (χ4v) is 5.68. The van der Waals surface area contributed by atoms with Crippen LogP contribution in [0, 0.1) is 0 Å². The number of halogens is 3. The predicted octanol–water partition coefficient (Wildman–Crippen LogP) is 6.68. The van der Waals surface area contributed by atoms with Gasteiger partial charge in [-0.15, -0.1) is 18.3 Å². The van der Waals surface area contributed by atoms with Crippen LogP contribution < -0.4 is 15.0 Å². The number of aromatic nitrogens is 3. The summed E-state index contributed by atoms with van der Waals surface area (Å²) in [4.78, 5) is 23.4. The maximum absolute atomic E-state index is 12.8. The van der Waals surface area contributed by atoms with Gasteiger partial charge in [-0.05, 0) is 65.5 Å². The minimum atomic E-state index is -4.75. The van der Waals surface area contributed by atoms with Crippen LogP contribution in [0.3, 0.4) is 0 Å². The summed E-state index contributed by atoms with van der Waals surface area (Å²) in [6, 6.07) is 21.0. The van der Waals surface area contributed by atoms with Gasteiger partial charge in [0.2, 0.25) is 5.91 Å². The van der Waals surface area contributed by atoms with E-state index < -0.39 is 6.36 Å². The van der Waals surface area contributed by atoms with Gasteiger partial charge in [-0.2, -0.15) is 4.99 Å². The number of thioether (sulfide) groups is 1. The van der Waals surface area contributed by atoms with E-state index in [4.69, 9.17) is 12.2 Å². The number of hydrogen-bond donors (Lipinski definition) is 1. The van der Waals surface area contributed by atoms with Crippen LogP contribution in [-0.4, -0.2) is 49.6 Å². The van der Waals surface area contributed by atoms with Gasteiger partial charge in [-0.25, -0.2) is 9.67 Å². The van der Waals surface area contributed by atoms with Crippen molar-refractivity contribution >= 4 is 45.9 Å². The highest BCUT2D eigenvalue weighted by atomic mass is 32.2. The lowest BCUT2D eigenvalue weighted by Gasteiger charge is -2.27. The summed E-state index contributed by atoms with van der Waals surface area (Å²) >= 11 is 6.86. The number of carbonyl (C=O) groups is 1. The van der Waals surface area contributed by atoms with Crippen molar-refractivity contribution in [3.8, 4) is 22.8 Å². The van der Waals surface area contributed by atoms with Gasteiger partial charge in [0.1, 0.15) is 12.1 Å². The Labute approximate surface area is 262 Å². The van der Waals surface area contributed by atoms with Gasteiger partial charge in [0.25, 0.3) is 0 Å². The van der Waals surface area contributed by atoms with Gasteiger partial charge in [-0.1, -0.05) is 75.0 Å². The zero-order chi connectivity index (χ0) is 31.5. The molecule has 3 aromatic carbocycles. The highest BCUT2D eigenvalue weighted by Crippen LogP contribution is 2.36. The number of rotatable bonds is 7. The number of hydrogen-bond acceptors (Lipinski definition) is 6. The lowest BCUT2D eigenvalue weighted by molar-refractivity contribution is -0.274. The molecule has 4 aromatic rings. The fourth-order valence-electron chi connectivity index (χ4n) is 4.57. The molecule has 0 radical (unpaired) electrons. The molecule has 2 heterocycles. The van der Waals surface area contributed by atoms with Crippen LogP contribution >= 0.6 is 24.0 Å². The predicted molar refractivity (Wildman–Crippen MR) is 170 cm³/mol. The number of benzene rings is 3. The Morgan fingerprint density at radius 2 is 1.75 bits per heavy atom. The molecule has 8 nitrogen and oxygen atoms in total. The molecular weight excluding hydrogens is 610 g/mol. The van der Waals surface area contributed by atoms with Crippen molar-refractivity contribution < 1.29 is 22.7 Å². The third-order valence-corrected chi connectivity index (χ3v) is 7.80. The normalized spacial score (nSPS) is 14.7. The van der Waals surface area contributed by atoms with Crippen LogP contribution in [0.25, 0.3) is 17.1 Å². The van der Waals surface area contributed by atoms with Crippen molar-refractivity contribution in [2.24, 2.45) is 4.99 Å². The largest absolute Gasteiger partial charge is 0.573 e. The van der Waals surface area contributed by atoms with Gasteiger partial charge >= 0.3 is 6.36 Å². The van der Waals surface area contributed by atoms with E-state index >= 15 is 0 Å². The summed E-state index contributed by atoms with van der Waals surface area (Å²) < 4.78 is 42.6. The number of thiocarbonyl (C=S) groups is 1. The number of carbonyl (C=O) groups excluding carboxylic acids is 1. The Bertz CT molecular complexity index is 1680. The van der Waals surface area contributed by atoms with E-state index in [0.29, 0.717) is 40.5 Å². The number of amidine groups is 1. The first-order chi connectivity index (χ1) is 20.9. The number of nitrogens with zero attached hydrogens (tertiary/aromatic N) is 5. The fraction of sp³-hybridized carbons (Fsp3) is 0.258. The number of para-hydroxylation sites is 1. The SMILES string of the molecule is CC(C)(C)c1ccccc1N1C(=O)CSC1=NC(=S)NCCc1ccc(-c2ncn(-c3ccc(OC(F)(F)F)cc3)n2)cc1. The van der Waals surface area contributed by atoms with Gasteiger partial charge in [0.05, 0.1) is 17.1 Å². The summed E-state index contributed by atoms with van der Waals surface area (Å²) in [7, 11) is 0. The number of ether oxygens (including phenoxy) is 1. The molecule has 1 aliphatic heterocycles. The number of anilines is 1. The van der Waals surface area contributed by atoms with Crippen LogP contribution in [0.1, 0.15) is 31.9 Å². The van der Waals surface area contributed by atoms with Crippen LogP contribution in [0.2, 0.25) is 0 Å². The maximum atomic E-state index is 12.8. The van der Waals surface area contributed by atoms with Crippen LogP contribution in [0.5, 0.6) is 5.75 Å². The molecule has 13 heteroatoms. The zero-order valence-corrected chi connectivity index (χ0v) is 25.8. The van der Waals surface area contributed by atoms with E-state index in [1.165, 1.54) is 47.0 Å². The Hall–Kier alpha value is -4.23. The average molecular weight is 639 g/mol. The number of aliphatic imine (C=N–C) groups is 1. The second kappa shape index (κ2) is 12.8. The molecule has 0 bridgehead atoms. The van der Waals surface area contributed by atoms with E-state index in [2.05, 4.69) is 45.9 Å². The van der Waals surface area contributed by atoms with Crippen molar-refractivity contribution in [1.82, 2.24) is 20.1 Å². The summed E-state index contributed by atoms with van der Waals surface area (Å²) in [5, 5.41) is 8.48. The molecule has 0 spiro atoms. The van der Waals surface area contributed by atoms with Gasteiger partial charge < -0.3 is 10.1 Å². The minimum Gasteiger partial charge on any atom is -0.406 e. The lowest BCUT2D eigenvalue weighted by atomic mass is 9.85. The lowest BCUT2D eigenvalue weighted by Crippen LogP contribution is -2.33. The molecule has 1 saturated heterocycles. The molecule has 1 amide bonds. The van der Waals surface area contributed by atoms with Crippen LogP contribution in [-0.2, 0) is 16.6 Å². The standard InChI is InChI=1S/C31H29F3N6O2S2/c1-30(2,3)24-6-4-5-7-25(24)40-26(41)18-44-29(40)37-28(43)35-17-16-20-8-10-21(11-9-20)27-36-19-39(38-27)22-12-14-23(15-13-22)42-31(32,33)34/h4-15,19H,16-18H2,1-3H3,(H,35,43). The first-order valence-corrected chi connectivity index (χ1v) is 15.1. The maximum Gasteiger partial charge on any atom is 0.573 e. The molecule has 5 rings (SSSR count). The van der Waals surface area contributed by atoms with Gasteiger partial charge in [-0.3, -0.25) is 9.69 Å². The third-order valence-electron chi connectivity index (χ3n) is 6.64. The number of alkyl halides is 3. The Morgan fingerprint density at radius 3 is 2.43 bits per heavy atom. The molecular formula is C31H29F3N6O2S2. The molecule has 1 fully saturated rings. The minimum absolute atomic E-state index is 0.0268. The molecule has 1 aliphatic rings. The van der Waals surface area contributed by atoms with Crippen LogP contribution in [0.15, 0.2) is 84.1 Å². The van der Waals surface area contributed by atoms with Gasteiger partial charge in [0, 0.05) is 12.1 Å². The zero-order valence-electron chi connectivity index (χ0n) is 24.1. The topological polar surface area (TPSA) is 84.6 Å². The van der Waals surface area contributed by atoms with E-state index in [-0.39, 0.29) is 17.1 Å². The summed E-state index contributed by atoms with van der Waals surface area (Å²) in [5.41, 5.74) is 4.12. The average Bonchev–Trinajstić information content (AvgIpc) is 3.60. The first-order valence-electron chi connectivity index (χ1n) is 13.7. The van der Waals surface area contributed by atoms with Crippen molar-refractivity contribution in [1.29, 1.82) is 0 Å². The Morgan fingerprint density at radius 1 is 1.05 bits per heavy atom. The molecule has 1 aromatic heterocycles. The molecule has 44 heavy (non-hydrogen) atoms. The molecule has 0 unspecified atom stereocenters. The monoisotopic (exact) mass is 638 g/mol. The highest BCUT2D eigenvalue weighted by molar-refractivity contribution is 8.15. The van der Waals surface area contributed by atoms with E-state index in [1.807, 2.05) is 48.5 Å². The van der Waals surface area contributed by atoms with Crippen LogP contribution in [0.4, 0.5) is 18.9 Å². The smallest absolute Gasteiger partial charge is 0.406 e. The number of nitrogens with one attached hydrogen (secondary N) is 1. The molecule has 0 atom stereocenters. The van der Waals surface area contributed by atoms with Crippen molar-refractivity contribution in [2.45, 2.75) is 39.0 Å². The summed E-state index contributed by atoms with van der Waals surface area (Å²) in [5.74, 6) is 0.448. The summed E-state index contributed by atoms with van der Waals surface area (Å²) in [6.45, 7) is 6.88. The molecule has 0 saturated carbocycles. The van der Waals surface area contributed by atoms with Crippen molar-refractivity contribution in [3.63, 3.8) is 0 Å². The summed E-state index contributed by atoms with van der Waals surface area (Å²) in [6.07, 6.45) is -2.57. The Kier molecular flexibility index (Phi) is 9.07. The molecule has 1 N–H and O–H groups in total. The number of amides is 1. The molecule has 0 aliphatic carbocycles. The van der Waals surface area contributed by atoms with E-state index in [9.17, 15) is 18.0 Å². The van der Waals surface area contributed by atoms with Crippen molar-refractivity contribution in [3.05, 3.63) is 90.3 Å². The third kappa shape index (κ3) is 7.64. The quantitative estimate of drug-likeness (QED) is 0.226. The molecule has 228 valence electrons. The van der Waals surface area contributed by atoms with E-state index in [1.54, 1.807) is 4.90 Å². The second-order valence-corrected chi connectivity index (χ2v) is 12.2. The Balaban J connectivity index is 1.17. The van der Waals surface area contributed by atoms with Gasteiger partial charge in [0.15, 0.2) is 16.1 Å². The first kappa shape index (κ1) is 31.2. The van der Waals surface area contributed by atoms with E-state index in [0.717, 1.165) is 22.4 Å². The highest BCUT2D eigenvalue weighted by Gasteiger charge is 2.33. The van der Waals surface area contributed by atoms with Crippen molar-refractivity contribution in [2.75, 3.05) is 17.2 Å².